The molecule has 0 unspecified atom stereocenters. The average Bonchev–Trinajstić information content (AvgIpc) is 2.31. The number of carbonyl (C=O) groups is 1. The summed E-state index contributed by atoms with van der Waals surface area (Å²) in [4.78, 5) is 11.2. The minimum Gasteiger partial charge on any atom is -0.492 e. The second-order valence-corrected chi connectivity index (χ2v) is 4.34. The molecule has 0 aliphatic rings. The summed E-state index contributed by atoms with van der Waals surface area (Å²) in [7, 11) is 0. The smallest absolute Gasteiger partial charge is 0.223 e. The molecule has 0 spiro atoms. The number of hydrogen-bond donors (Lipinski definition) is 2. The molecule has 4 nitrogen and oxygen atoms in total. The number of nitrogens with one attached hydrogen (secondary N) is 1. The number of amides is 1. The van der Waals surface area contributed by atoms with Gasteiger partial charge in [-0.1, -0.05) is 12.1 Å². The molecule has 0 fully saturated rings. The maximum absolute atomic E-state index is 11.2. The van der Waals surface area contributed by atoms with E-state index in [1.807, 2.05) is 25.1 Å². The van der Waals surface area contributed by atoms with Crippen LogP contribution in [-0.4, -0.2) is 19.1 Å². The van der Waals surface area contributed by atoms with E-state index in [2.05, 4.69) is 21.2 Å². The third kappa shape index (κ3) is 4.36. The Balaban J connectivity index is 2.54. The lowest BCUT2D eigenvalue weighted by Gasteiger charge is -2.12. The fourth-order valence-corrected chi connectivity index (χ4v) is 1.93. The Bertz CT molecular complexity index is 383. The van der Waals surface area contributed by atoms with Crippen LogP contribution < -0.4 is 15.8 Å². The number of para-hydroxylation sites is 1. The van der Waals surface area contributed by atoms with Crippen LogP contribution in [0.5, 0.6) is 5.75 Å². The van der Waals surface area contributed by atoms with Gasteiger partial charge in [0.05, 0.1) is 17.5 Å². The van der Waals surface area contributed by atoms with E-state index in [1.165, 1.54) is 0 Å². The van der Waals surface area contributed by atoms with Crippen molar-refractivity contribution in [3.8, 4) is 5.75 Å². The molecule has 1 aromatic rings. The van der Waals surface area contributed by atoms with Gasteiger partial charge in [0, 0.05) is 18.7 Å². The second-order valence-electron chi connectivity index (χ2n) is 3.48. The molecular weight excluding hydrogens is 284 g/mol. The highest BCUT2D eigenvalue weighted by Gasteiger charge is 2.07. The van der Waals surface area contributed by atoms with Crippen LogP contribution in [0.3, 0.4) is 0 Å². The lowest BCUT2D eigenvalue weighted by atomic mass is 10.2. The molecule has 0 aliphatic carbocycles. The standard InChI is InChI=1S/C12H17BrN2O2/c1-2-15-11(16)6-7-17-12-9(8-14)4-3-5-10(12)13/h3-5H,2,6-8,14H2,1H3,(H,15,16). The molecule has 0 bridgehead atoms. The summed E-state index contributed by atoms with van der Waals surface area (Å²) in [6, 6.07) is 5.70. The Morgan fingerprint density at radius 3 is 2.94 bits per heavy atom. The normalized spacial score (nSPS) is 10.1. The van der Waals surface area contributed by atoms with E-state index in [1.54, 1.807) is 0 Å². The molecule has 1 rings (SSSR count). The van der Waals surface area contributed by atoms with Crippen LogP contribution in [0.4, 0.5) is 0 Å². The van der Waals surface area contributed by atoms with Crippen LogP contribution in [0.25, 0.3) is 0 Å². The number of halogens is 1. The number of ether oxygens (including phenoxy) is 1. The van der Waals surface area contributed by atoms with Crippen molar-refractivity contribution in [1.29, 1.82) is 0 Å². The Hall–Kier alpha value is -1.07. The first-order chi connectivity index (χ1) is 8.19. The summed E-state index contributed by atoms with van der Waals surface area (Å²) in [6.45, 7) is 3.29. The van der Waals surface area contributed by atoms with Gasteiger partial charge in [-0.2, -0.15) is 0 Å². The number of benzene rings is 1. The van der Waals surface area contributed by atoms with Crippen LogP contribution in [0.15, 0.2) is 22.7 Å². The monoisotopic (exact) mass is 300 g/mol. The van der Waals surface area contributed by atoms with Crippen molar-refractivity contribution in [3.63, 3.8) is 0 Å². The van der Waals surface area contributed by atoms with E-state index < -0.39 is 0 Å². The van der Waals surface area contributed by atoms with Crippen LogP contribution in [0.2, 0.25) is 0 Å². The quantitative estimate of drug-likeness (QED) is 0.842. The number of nitrogens with two attached hydrogens (primary N) is 1. The maximum atomic E-state index is 11.2. The van der Waals surface area contributed by atoms with Crippen molar-refractivity contribution < 1.29 is 9.53 Å². The summed E-state index contributed by atoms with van der Waals surface area (Å²) in [5.74, 6) is 0.716. The van der Waals surface area contributed by atoms with E-state index in [-0.39, 0.29) is 5.91 Å². The third-order valence-corrected chi connectivity index (χ3v) is 2.84. The highest BCUT2D eigenvalue weighted by Crippen LogP contribution is 2.28. The van der Waals surface area contributed by atoms with E-state index in [9.17, 15) is 4.79 Å². The molecule has 0 atom stereocenters. The first-order valence-corrected chi connectivity index (χ1v) is 6.35. The summed E-state index contributed by atoms with van der Waals surface area (Å²) >= 11 is 3.40. The summed E-state index contributed by atoms with van der Waals surface area (Å²) in [5.41, 5.74) is 6.54. The summed E-state index contributed by atoms with van der Waals surface area (Å²) < 4.78 is 6.45. The highest BCUT2D eigenvalue weighted by molar-refractivity contribution is 9.10. The maximum Gasteiger partial charge on any atom is 0.223 e. The molecule has 0 saturated heterocycles. The zero-order valence-corrected chi connectivity index (χ0v) is 11.4. The summed E-state index contributed by atoms with van der Waals surface area (Å²) in [5, 5.41) is 2.72. The van der Waals surface area contributed by atoms with E-state index in [4.69, 9.17) is 10.5 Å². The van der Waals surface area contributed by atoms with Gasteiger partial charge in [0.25, 0.3) is 0 Å². The van der Waals surface area contributed by atoms with Crippen LogP contribution in [-0.2, 0) is 11.3 Å². The van der Waals surface area contributed by atoms with Crippen LogP contribution >= 0.6 is 15.9 Å². The van der Waals surface area contributed by atoms with Crippen molar-refractivity contribution in [2.45, 2.75) is 19.9 Å². The summed E-state index contributed by atoms with van der Waals surface area (Å²) in [6.07, 6.45) is 0.346. The molecule has 0 heterocycles. The van der Waals surface area contributed by atoms with Gasteiger partial charge < -0.3 is 15.8 Å². The molecule has 94 valence electrons. The first-order valence-electron chi connectivity index (χ1n) is 5.56. The zero-order valence-electron chi connectivity index (χ0n) is 9.83. The third-order valence-electron chi connectivity index (χ3n) is 2.22. The van der Waals surface area contributed by atoms with Gasteiger partial charge >= 0.3 is 0 Å². The van der Waals surface area contributed by atoms with Crippen LogP contribution in [0.1, 0.15) is 18.9 Å². The minimum atomic E-state index is -0.00569. The average molecular weight is 301 g/mol. The fraction of sp³-hybridized carbons (Fsp3) is 0.417. The molecule has 17 heavy (non-hydrogen) atoms. The van der Waals surface area contributed by atoms with Gasteiger partial charge in [0.1, 0.15) is 5.75 Å². The number of hydrogen-bond acceptors (Lipinski definition) is 3. The minimum absolute atomic E-state index is 0.00569. The topological polar surface area (TPSA) is 64.3 Å². The van der Waals surface area contributed by atoms with Crippen molar-refractivity contribution in [1.82, 2.24) is 5.32 Å². The number of carbonyl (C=O) groups excluding carboxylic acids is 1. The van der Waals surface area contributed by atoms with Crippen molar-refractivity contribution in [3.05, 3.63) is 28.2 Å². The first kappa shape index (κ1) is 14.0. The molecule has 5 heteroatoms. The van der Waals surface area contributed by atoms with Gasteiger partial charge in [0.15, 0.2) is 0 Å². The van der Waals surface area contributed by atoms with E-state index in [0.29, 0.717) is 26.1 Å². The van der Waals surface area contributed by atoms with Gasteiger partial charge in [-0.15, -0.1) is 0 Å². The predicted molar refractivity (Wildman–Crippen MR) is 70.8 cm³/mol. The Morgan fingerprint density at radius 1 is 1.53 bits per heavy atom. The lowest BCUT2D eigenvalue weighted by molar-refractivity contribution is -0.121. The molecule has 0 saturated carbocycles. The molecule has 0 aliphatic heterocycles. The zero-order chi connectivity index (χ0) is 12.7. The fourth-order valence-electron chi connectivity index (χ4n) is 1.41. The largest absolute Gasteiger partial charge is 0.492 e. The van der Waals surface area contributed by atoms with E-state index in [0.717, 1.165) is 15.8 Å². The Kier molecular flexibility index (Phi) is 6.00. The predicted octanol–water partition coefficient (Wildman–Crippen LogP) is 1.81. The molecule has 1 aromatic carbocycles. The molecule has 0 radical (unpaired) electrons. The van der Waals surface area contributed by atoms with Gasteiger partial charge in [-0.25, -0.2) is 0 Å². The Morgan fingerprint density at radius 2 is 2.29 bits per heavy atom. The highest BCUT2D eigenvalue weighted by atomic mass is 79.9. The van der Waals surface area contributed by atoms with Crippen molar-refractivity contribution in [2.24, 2.45) is 5.73 Å². The molecule has 1 amide bonds. The van der Waals surface area contributed by atoms with Crippen molar-refractivity contribution >= 4 is 21.8 Å². The van der Waals surface area contributed by atoms with Gasteiger partial charge in [0.2, 0.25) is 5.91 Å². The molecule has 0 aromatic heterocycles. The lowest BCUT2D eigenvalue weighted by Crippen LogP contribution is -2.24. The van der Waals surface area contributed by atoms with Crippen molar-refractivity contribution in [2.75, 3.05) is 13.2 Å². The van der Waals surface area contributed by atoms with Gasteiger partial charge in [-0.3, -0.25) is 4.79 Å². The Labute approximate surface area is 110 Å². The van der Waals surface area contributed by atoms with Gasteiger partial charge in [-0.05, 0) is 28.9 Å². The second kappa shape index (κ2) is 7.29. The number of rotatable bonds is 6. The van der Waals surface area contributed by atoms with Crippen LogP contribution in [0, 0.1) is 0 Å². The SMILES string of the molecule is CCNC(=O)CCOc1c(Br)cccc1CN. The molecule has 3 N–H and O–H groups in total. The molecular formula is C12H17BrN2O2. The van der Waals surface area contributed by atoms with E-state index >= 15 is 0 Å².